The van der Waals surface area contributed by atoms with Crippen molar-refractivity contribution in [3.8, 4) is 0 Å². The maximum absolute atomic E-state index is 11.8. The zero-order valence-electron chi connectivity index (χ0n) is 12.1. The van der Waals surface area contributed by atoms with Gasteiger partial charge < -0.3 is 15.3 Å². The van der Waals surface area contributed by atoms with Crippen LogP contribution in [-0.4, -0.2) is 48.2 Å². The van der Waals surface area contributed by atoms with Crippen LogP contribution >= 0.6 is 0 Å². The number of amides is 1. The molecule has 1 amide bonds. The van der Waals surface area contributed by atoms with Crippen LogP contribution in [0.5, 0.6) is 0 Å². The number of hydrogen-bond acceptors (Lipinski definition) is 3. The lowest BCUT2D eigenvalue weighted by Gasteiger charge is -2.32. The Balaban J connectivity index is 4.27. The Morgan fingerprint density at radius 1 is 1.35 bits per heavy atom. The van der Waals surface area contributed by atoms with E-state index < -0.39 is 0 Å². The van der Waals surface area contributed by atoms with Crippen molar-refractivity contribution in [1.82, 2.24) is 10.2 Å². The minimum atomic E-state index is 0.0411. The molecule has 4 heteroatoms. The van der Waals surface area contributed by atoms with Crippen molar-refractivity contribution in [1.29, 1.82) is 0 Å². The molecule has 0 aromatic carbocycles. The summed E-state index contributed by atoms with van der Waals surface area (Å²) in [5.41, 5.74) is 0.0411. The van der Waals surface area contributed by atoms with Crippen LogP contribution in [0.2, 0.25) is 0 Å². The number of nitrogens with zero attached hydrogens (tertiary/aromatic N) is 1. The summed E-state index contributed by atoms with van der Waals surface area (Å²) in [6, 6.07) is 0.368. The Morgan fingerprint density at radius 3 is 2.24 bits per heavy atom. The number of carbonyl (C=O) groups excluding carboxylic acids is 1. The zero-order valence-corrected chi connectivity index (χ0v) is 12.1. The fraction of sp³-hybridized carbons (Fsp3) is 0.923. The largest absolute Gasteiger partial charge is 0.396 e. The molecule has 0 heterocycles. The minimum absolute atomic E-state index is 0.0411. The average Bonchev–Trinajstić information content (AvgIpc) is 2.20. The lowest BCUT2D eigenvalue weighted by molar-refractivity contribution is -0.130. The first-order valence-electron chi connectivity index (χ1n) is 6.30. The second-order valence-corrected chi connectivity index (χ2v) is 5.91. The molecule has 102 valence electrons. The maximum atomic E-state index is 11.8. The van der Waals surface area contributed by atoms with Crippen molar-refractivity contribution >= 4 is 5.91 Å². The van der Waals surface area contributed by atoms with E-state index in [2.05, 4.69) is 26.1 Å². The number of aliphatic hydroxyl groups is 1. The van der Waals surface area contributed by atoms with Crippen LogP contribution in [-0.2, 0) is 4.79 Å². The molecule has 1 atom stereocenters. The fourth-order valence-electron chi connectivity index (χ4n) is 1.59. The topological polar surface area (TPSA) is 52.6 Å². The molecule has 0 radical (unpaired) electrons. The van der Waals surface area contributed by atoms with Crippen molar-refractivity contribution in [2.75, 3.05) is 20.2 Å². The van der Waals surface area contributed by atoms with Gasteiger partial charge in [-0.2, -0.15) is 0 Å². The van der Waals surface area contributed by atoms with E-state index in [0.29, 0.717) is 13.0 Å². The molecule has 0 aromatic rings. The Bertz CT molecular complexity index is 234. The summed E-state index contributed by atoms with van der Waals surface area (Å²) >= 11 is 0. The van der Waals surface area contributed by atoms with Gasteiger partial charge in [-0.15, -0.1) is 0 Å². The molecule has 0 aliphatic rings. The summed E-state index contributed by atoms with van der Waals surface area (Å²) in [4.78, 5) is 13.5. The number of rotatable bonds is 6. The first-order valence-corrected chi connectivity index (χ1v) is 6.30. The first kappa shape index (κ1) is 16.4. The van der Waals surface area contributed by atoms with Crippen LogP contribution in [0.4, 0.5) is 0 Å². The summed E-state index contributed by atoms with van der Waals surface area (Å²) in [5.74, 6) is 0.0900. The van der Waals surface area contributed by atoms with Gasteiger partial charge in [-0.3, -0.25) is 4.79 Å². The third kappa shape index (κ3) is 6.03. The molecular weight excluding hydrogens is 216 g/mol. The summed E-state index contributed by atoms with van der Waals surface area (Å²) in [7, 11) is 1.81. The van der Waals surface area contributed by atoms with E-state index in [1.165, 1.54) is 0 Å². The molecule has 0 saturated heterocycles. The molecule has 0 aliphatic carbocycles. The van der Waals surface area contributed by atoms with Gasteiger partial charge >= 0.3 is 0 Å². The molecule has 0 rings (SSSR count). The van der Waals surface area contributed by atoms with Crippen LogP contribution < -0.4 is 5.32 Å². The van der Waals surface area contributed by atoms with E-state index in [1.54, 1.807) is 4.90 Å². The van der Waals surface area contributed by atoms with Crippen LogP contribution in [0.25, 0.3) is 0 Å². The van der Waals surface area contributed by atoms with Gasteiger partial charge in [0.1, 0.15) is 0 Å². The van der Waals surface area contributed by atoms with Crippen LogP contribution in [0.1, 0.15) is 41.0 Å². The second-order valence-electron chi connectivity index (χ2n) is 5.91. The molecule has 2 N–H and O–H groups in total. The molecule has 17 heavy (non-hydrogen) atoms. The zero-order chi connectivity index (χ0) is 13.6. The number of likely N-dealkylation sites (N-methyl/N-ethyl adjacent to an activating group) is 1. The lowest BCUT2D eigenvalue weighted by atomic mass is 9.85. The smallest absolute Gasteiger partial charge is 0.236 e. The average molecular weight is 244 g/mol. The minimum Gasteiger partial charge on any atom is -0.396 e. The quantitative estimate of drug-likeness (QED) is 0.739. The number of hydrogen-bond donors (Lipinski definition) is 2. The highest BCUT2D eigenvalue weighted by molar-refractivity contribution is 5.78. The number of nitrogens with one attached hydrogen (secondary N) is 1. The van der Waals surface area contributed by atoms with E-state index in [1.807, 2.05) is 20.9 Å². The fourth-order valence-corrected chi connectivity index (χ4v) is 1.59. The van der Waals surface area contributed by atoms with E-state index in [4.69, 9.17) is 5.11 Å². The van der Waals surface area contributed by atoms with Crippen LogP contribution in [0, 0.1) is 5.41 Å². The number of carbonyl (C=O) groups is 1. The molecule has 1 unspecified atom stereocenters. The van der Waals surface area contributed by atoms with Crippen molar-refractivity contribution in [2.24, 2.45) is 5.41 Å². The normalized spacial score (nSPS) is 13.9. The van der Waals surface area contributed by atoms with Crippen molar-refractivity contribution in [3.05, 3.63) is 0 Å². The summed E-state index contributed by atoms with van der Waals surface area (Å²) < 4.78 is 0. The van der Waals surface area contributed by atoms with Gasteiger partial charge in [0.15, 0.2) is 0 Å². The van der Waals surface area contributed by atoms with Crippen LogP contribution in [0.15, 0.2) is 0 Å². The third-order valence-electron chi connectivity index (χ3n) is 3.13. The van der Waals surface area contributed by atoms with Gasteiger partial charge in [0.25, 0.3) is 0 Å². The maximum Gasteiger partial charge on any atom is 0.236 e. The molecular formula is C13H28N2O2. The predicted molar refractivity (Wildman–Crippen MR) is 70.9 cm³/mol. The van der Waals surface area contributed by atoms with E-state index in [-0.39, 0.29) is 30.0 Å². The van der Waals surface area contributed by atoms with E-state index in [0.717, 1.165) is 0 Å². The van der Waals surface area contributed by atoms with Crippen molar-refractivity contribution in [3.63, 3.8) is 0 Å². The van der Waals surface area contributed by atoms with Crippen LogP contribution in [0.3, 0.4) is 0 Å². The molecule has 0 fully saturated rings. The highest BCUT2D eigenvalue weighted by Crippen LogP contribution is 2.21. The van der Waals surface area contributed by atoms with Gasteiger partial charge in [0.05, 0.1) is 6.54 Å². The SMILES string of the molecule is CC(C)N(C)C(=O)CNC(CCO)C(C)(C)C. The third-order valence-corrected chi connectivity index (χ3v) is 3.13. The highest BCUT2D eigenvalue weighted by Gasteiger charge is 2.24. The molecule has 0 aromatic heterocycles. The Labute approximate surface area is 105 Å². The van der Waals surface area contributed by atoms with Crippen molar-refractivity contribution < 1.29 is 9.90 Å². The highest BCUT2D eigenvalue weighted by atomic mass is 16.3. The van der Waals surface area contributed by atoms with Gasteiger partial charge in [0.2, 0.25) is 5.91 Å². The van der Waals surface area contributed by atoms with Gasteiger partial charge in [-0.05, 0) is 25.7 Å². The lowest BCUT2D eigenvalue weighted by Crippen LogP contribution is -2.47. The standard InChI is InChI=1S/C13H28N2O2/c1-10(2)15(6)12(17)9-14-11(7-8-16)13(3,4)5/h10-11,14,16H,7-9H2,1-6H3. The summed E-state index contributed by atoms with van der Waals surface area (Å²) in [6.07, 6.45) is 0.669. The van der Waals surface area contributed by atoms with Gasteiger partial charge in [-0.25, -0.2) is 0 Å². The molecule has 4 nitrogen and oxygen atoms in total. The predicted octanol–water partition coefficient (Wildman–Crippen LogP) is 1.24. The molecule has 0 bridgehead atoms. The van der Waals surface area contributed by atoms with Crippen molar-refractivity contribution in [2.45, 2.75) is 53.1 Å². The van der Waals surface area contributed by atoms with E-state index in [9.17, 15) is 4.79 Å². The van der Waals surface area contributed by atoms with Gasteiger partial charge in [-0.1, -0.05) is 20.8 Å². The van der Waals surface area contributed by atoms with E-state index >= 15 is 0 Å². The molecule has 0 aliphatic heterocycles. The van der Waals surface area contributed by atoms with Gasteiger partial charge in [0, 0.05) is 25.7 Å². The number of aliphatic hydroxyl groups excluding tert-OH is 1. The monoisotopic (exact) mass is 244 g/mol. The Kier molecular flexibility index (Phi) is 6.72. The Hall–Kier alpha value is -0.610. The molecule has 0 saturated carbocycles. The molecule has 0 spiro atoms. The Morgan fingerprint density at radius 2 is 1.88 bits per heavy atom. The summed E-state index contributed by atoms with van der Waals surface area (Å²) in [5, 5.41) is 12.3. The second kappa shape index (κ2) is 6.97. The first-order chi connectivity index (χ1) is 7.70. The summed E-state index contributed by atoms with van der Waals surface area (Å²) in [6.45, 7) is 10.8.